The first-order valence-electron chi connectivity index (χ1n) is 5.35. The predicted octanol–water partition coefficient (Wildman–Crippen LogP) is 0.733. The van der Waals surface area contributed by atoms with Crippen molar-refractivity contribution in [2.45, 2.75) is 32.9 Å². The van der Waals surface area contributed by atoms with Crippen LogP contribution in [0.2, 0.25) is 0 Å². The number of amides is 1. The third-order valence-electron chi connectivity index (χ3n) is 2.45. The highest BCUT2D eigenvalue weighted by Crippen LogP contribution is 2.19. The minimum Gasteiger partial charge on any atom is -0.331 e. The zero-order chi connectivity index (χ0) is 12.1. The summed E-state index contributed by atoms with van der Waals surface area (Å²) >= 11 is 0. The van der Waals surface area contributed by atoms with Gasteiger partial charge < -0.3 is 10.6 Å². The topological polar surface area (TPSA) is 72.1 Å². The van der Waals surface area contributed by atoms with Gasteiger partial charge in [-0.1, -0.05) is 0 Å². The second kappa shape index (κ2) is 5.55. The lowest BCUT2D eigenvalue weighted by atomic mass is 10.1. The minimum atomic E-state index is -0.107. The Morgan fingerprint density at radius 2 is 2.12 bits per heavy atom. The van der Waals surface area contributed by atoms with E-state index in [1.807, 2.05) is 20.8 Å². The minimum absolute atomic E-state index is 0.0166. The molecular formula is C11H18N4O. The Hall–Kier alpha value is -1.49. The molecule has 0 aliphatic heterocycles. The molecule has 0 unspecified atom stereocenters. The van der Waals surface area contributed by atoms with E-state index in [9.17, 15) is 4.79 Å². The molecule has 0 saturated heterocycles. The first kappa shape index (κ1) is 12.6. The highest BCUT2D eigenvalue weighted by Gasteiger charge is 2.23. The maximum atomic E-state index is 11.7. The summed E-state index contributed by atoms with van der Waals surface area (Å²) in [6.45, 7) is 5.86. The number of nitrogens with zero attached hydrogens (tertiary/aromatic N) is 3. The van der Waals surface area contributed by atoms with Crippen molar-refractivity contribution < 1.29 is 4.79 Å². The van der Waals surface area contributed by atoms with Crippen LogP contribution in [-0.2, 0) is 4.79 Å². The second-order valence-electron chi connectivity index (χ2n) is 3.91. The van der Waals surface area contributed by atoms with Gasteiger partial charge in [0.05, 0.1) is 24.5 Å². The lowest BCUT2D eigenvalue weighted by molar-refractivity contribution is -0.133. The van der Waals surface area contributed by atoms with Gasteiger partial charge in [-0.15, -0.1) is 0 Å². The summed E-state index contributed by atoms with van der Waals surface area (Å²) in [6, 6.07) is -0.0159. The molecule has 1 aromatic heterocycles. The van der Waals surface area contributed by atoms with E-state index in [1.54, 1.807) is 23.5 Å². The largest absolute Gasteiger partial charge is 0.331 e. The van der Waals surface area contributed by atoms with Crippen molar-refractivity contribution >= 4 is 5.91 Å². The van der Waals surface area contributed by atoms with Gasteiger partial charge in [0.2, 0.25) is 5.91 Å². The summed E-state index contributed by atoms with van der Waals surface area (Å²) < 4.78 is 0. The van der Waals surface area contributed by atoms with Gasteiger partial charge in [-0.3, -0.25) is 14.8 Å². The van der Waals surface area contributed by atoms with E-state index < -0.39 is 0 Å². The highest BCUT2D eigenvalue weighted by molar-refractivity contribution is 5.78. The van der Waals surface area contributed by atoms with Crippen molar-refractivity contribution in [1.29, 1.82) is 0 Å². The molecule has 5 nitrogen and oxygen atoms in total. The van der Waals surface area contributed by atoms with Gasteiger partial charge in [-0.05, 0) is 20.8 Å². The molecule has 0 spiro atoms. The van der Waals surface area contributed by atoms with Crippen molar-refractivity contribution in [3.8, 4) is 0 Å². The summed E-state index contributed by atoms with van der Waals surface area (Å²) in [7, 11) is 0. The van der Waals surface area contributed by atoms with Gasteiger partial charge in [0.15, 0.2) is 0 Å². The Labute approximate surface area is 95.7 Å². The van der Waals surface area contributed by atoms with E-state index in [-0.39, 0.29) is 24.5 Å². The Bertz CT molecular complexity index is 339. The Balaban J connectivity index is 2.92. The second-order valence-corrected chi connectivity index (χ2v) is 3.91. The van der Waals surface area contributed by atoms with Crippen molar-refractivity contribution in [3.63, 3.8) is 0 Å². The zero-order valence-electron chi connectivity index (χ0n) is 9.92. The van der Waals surface area contributed by atoms with Crippen LogP contribution in [0.15, 0.2) is 18.6 Å². The van der Waals surface area contributed by atoms with Gasteiger partial charge in [-0.2, -0.15) is 0 Å². The van der Waals surface area contributed by atoms with Crippen molar-refractivity contribution in [2.24, 2.45) is 5.73 Å². The van der Waals surface area contributed by atoms with Gasteiger partial charge >= 0.3 is 0 Å². The standard InChI is InChI=1S/C11H18N4O/c1-8(2)15(11(16)6-12)9(3)10-7-13-4-5-14-10/h4-5,7-9H,6,12H2,1-3H3/t9-/m1/s1. The van der Waals surface area contributed by atoms with Crippen molar-refractivity contribution in [3.05, 3.63) is 24.3 Å². The van der Waals surface area contributed by atoms with Crippen LogP contribution in [0.25, 0.3) is 0 Å². The predicted molar refractivity (Wildman–Crippen MR) is 61.5 cm³/mol. The molecule has 1 rings (SSSR count). The molecule has 16 heavy (non-hydrogen) atoms. The Kier molecular flexibility index (Phi) is 4.37. The van der Waals surface area contributed by atoms with E-state index in [1.165, 1.54) is 0 Å². The molecule has 0 aliphatic carbocycles. The molecular weight excluding hydrogens is 204 g/mol. The number of carbonyl (C=O) groups is 1. The van der Waals surface area contributed by atoms with Crippen LogP contribution in [0, 0.1) is 0 Å². The normalized spacial score (nSPS) is 12.6. The summed E-state index contributed by atoms with van der Waals surface area (Å²) in [4.78, 5) is 21.6. The van der Waals surface area contributed by atoms with E-state index in [0.29, 0.717) is 0 Å². The molecule has 1 heterocycles. The van der Waals surface area contributed by atoms with Gasteiger partial charge in [0.1, 0.15) is 0 Å². The van der Waals surface area contributed by atoms with Crippen molar-refractivity contribution in [1.82, 2.24) is 14.9 Å². The molecule has 0 saturated carbocycles. The summed E-state index contributed by atoms with van der Waals surface area (Å²) in [5, 5.41) is 0. The molecule has 0 radical (unpaired) electrons. The van der Waals surface area contributed by atoms with E-state index in [0.717, 1.165) is 5.69 Å². The number of hydrogen-bond acceptors (Lipinski definition) is 4. The SMILES string of the molecule is CC(C)N(C(=O)CN)[C@H](C)c1cnccn1. The summed E-state index contributed by atoms with van der Waals surface area (Å²) in [5.41, 5.74) is 6.18. The van der Waals surface area contributed by atoms with Crippen LogP contribution >= 0.6 is 0 Å². The third-order valence-corrected chi connectivity index (χ3v) is 2.45. The Morgan fingerprint density at radius 1 is 1.44 bits per heavy atom. The van der Waals surface area contributed by atoms with Gasteiger partial charge in [-0.25, -0.2) is 0 Å². The Morgan fingerprint density at radius 3 is 2.56 bits per heavy atom. The number of carbonyl (C=O) groups excluding carboxylic acids is 1. The van der Waals surface area contributed by atoms with Crippen molar-refractivity contribution in [2.75, 3.05) is 6.54 Å². The smallest absolute Gasteiger partial charge is 0.237 e. The third kappa shape index (κ3) is 2.76. The lowest BCUT2D eigenvalue weighted by Gasteiger charge is -2.32. The zero-order valence-corrected chi connectivity index (χ0v) is 9.92. The fourth-order valence-corrected chi connectivity index (χ4v) is 1.73. The molecule has 2 N–H and O–H groups in total. The molecule has 1 amide bonds. The first-order valence-corrected chi connectivity index (χ1v) is 5.35. The maximum Gasteiger partial charge on any atom is 0.237 e. The summed E-state index contributed by atoms with van der Waals surface area (Å²) in [5.74, 6) is -0.0758. The van der Waals surface area contributed by atoms with Crippen LogP contribution < -0.4 is 5.73 Å². The molecule has 0 aromatic carbocycles. The molecule has 5 heteroatoms. The monoisotopic (exact) mass is 222 g/mol. The lowest BCUT2D eigenvalue weighted by Crippen LogP contribution is -2.42. The number of hydrogen-bond donors (Lipinski definition) is 1. The van der Waals surface area contributed by atoms with Gasteiger partial charge in [0, 0.05) is 18.4 Å². The highest BCUT2D eigenvalue weighted by atomic mass is 16.2. The van der Waals surface area contributed by atoms with Crippen LogP contribution in [0.4, 0.5) is 0 Å². The quantitative estimate of drug-likeness (QED) is 0.815. The molecule has 1 atom stereocenters. The number of rotatable bonds is 4. The van der Waals surface area contributed by atoms with E-state index in [2.05, 4.69) is 9.97 Å². The van der Waals surface area contributed by atoms with Crippen LogP contribution in [0.3, 0.4) is 0 Å². The molecule has 88 valence electrons. The molecule has 0 aliphatic rings. The average Bonchev–Trinajstić information content (AvgIpc) is 2.29. The van der Waals surface area contributed by atoms with Crippen LogP contribution in [0.1, 0.15) is 32.5 Å². The summed E-state index contributed by atoms with van der Waals surface area (Å²) in [6.07, 6.45) is 4.90. The van der Waals surface area contributed by atoms with E-state index >= 15 is 0 Å². The van der Waals surface area contributed by atoms with Crippen LogP contribution in [0.5, 0.6) is 0 Å². The van der Waals surface area contributed by atoms with Crippen LogP contribution in [-0.4, -0.2) is 33.4 Å². The fourth-order valence-electron chi connectivity index (χ4n) is 1.73. The molecule has 0 bridgehead atoms. The number of aromatic nitrogens is 2. The maximum absolute atomic E-state index is 11.7. The molecule has 0 fully saturated rings. The fraction of sp³-hybridized carbons (Fsp3) is 0.545. The van der Waals surface area contributed by atoms with E-state index in [4.69, 9.17) is 5.73 Å². The molecule has 1 aromatic rings. The average molecular weight is 222 g/mol. The first-order chi connectivity index (χ1) is 7.57. The number of nitrogens with two attached hydrogens (primary N) is 1. The van der Waals surface area contributed by atoms with Gasteiger partial charge in [0.25, 0.3) is 0 Å².